The monoisotopic (exact) mass is 310 g/mol. The molecule has 0 aromatic heterocycles. The van der Waals surface area contributed by atoms with E-state index in [0.717, 1.165) is 50.5 Å². The van der Waals surface area contributed by atoms with Gasteiger partial charge in [-0.1, -0.05) is 24.6 Å². The van der Waals surface area contributed by atoms with Crippen LogP contribution in [0.5, 0.6) is 0 Å². The lowest BCUT2D eigenvalue weighted by Gasteiger charge is -2.41. The Kier molecular flexibility index (Phi) is 5.91. The topological polar surface area (TPSA) is 24.5 Å². The first-order valence-electron chi connectivity index (χ1n) is 7.87. The fourth-order valence-corrected chi connectivity index (χ4v) is 3.12. The maximum atomic E-state index is 6.22. The van der Waals surface area contributed by atoms with Gasteiger partial charge in [-0.2, -0.15) is 0 Å². The van der Waals surface area contributed by atoms with E-state index in [-0.39, 0.29) is 5.60 Å². The molecule has 0 spiro atoms. The highest BCUT2D eigenvalue weighted by molar-refractivity contribution is 6.30. The largest absolute Gasteiger partial charge is 0.377 e. The van der Waals surface area contributed by atoms with Gasteiger partial charge in [0.1, 0.15) is 0 Å². The van der Waals surface area contributed by atoms with Crippen LogP contribution in [0.25, 0.3) is 0 Å². The smallest absolute Gasteiger partial charge is 0.0825 e. The van der Waals surface area contributed by atoms with Crippen molar-refractivity contribution in [2.45, 2.75) is 45.3 Å². The number of piperidine rings is 1. The molecule has 1 aromatic rings. The minimum absolute atomic E-state index is 0.0608. The number of hydrogen-bond acceptors (Lipinski definition) is 3. The van der Waals surface area contributed by atoms with Crippen molar-refractivity contribution >= 4 is 17.3 Å². The average Bonchev–Trinajstić information content (AvgIpc) is 2.49. The normalized spacial score (nSPS) is 22.6. The maximum Gasteiger partial charge on any atom is 0.0825 e. The molecule has 0 saturated carbocycles. The second kappa shape index (κ2) is 7.48. The fraction of sp³-hybridized carbons (Fsp3) is 0.647. The highest BCUT2D eigenvalue weighted by Crippen LogP contribution is 2.31. The van der Waals surface area contributed by atoms with Crippen LogP contribution < -0.4 is 10.2 Å². The second-order valence-electron chi connectivity index (χ2n) is 6.13. The predicted octanol–water partition coefficient (Wildman–Crippen LogP) is 3.84. The molecule has 0 aliphatic carbocycles. The van der Waals surface area contributed by atoms with E-state index in [9.17, 15) is 0 Å². The third-order valence-corrected chi connectivity index (χ3v) is 4.52. The average molecular weight is 311 g/mol. The molecular formula is C17H27ClN2O. The number of nitrogens with zero attached hydrogens (tertiary/aromatic N) is 1. The van der Waals surface area contributed by atoms with Gasteiger partial charge in [0.2, 0.25) is 0 Å². The number of methoxy groups -OCH3 is 1. The molecule has 1 atom stereocenters. The Morgan fingerprint density at radius 3 is 2.95 bits per heavy atom. The molecule has 1 unspecified atom stereocenters. The molecule has 0 bridgehead atoms. The number of nitrogens with one attached hydrogen (secondary N) is 1. The van der Waals surface area contributed by atoms with E-state index in [1.165, 1.54) is 11.3 Å². The summed E-state index contributed by atoms with van der Waals surface area (Å²) in [6.45, 7) is 8.30. The maximum absolute atomic E-state index is 6.22. The van der Waals surface area contributed by atoms with Crippen molar-refractivity contribution in [3.8, 4) is 0 Å². The van der Waals surface area contributed by atoms with Gasteiger partial charge in [-0.3, -0.25) is 0 Å². The van der Waals surface area contributed by atoms with Crippen LogP contribution in [0.15, 0.2) is 18.2 Å². The molecule has 0 amide bonds. The van der Waals surface area contributed by atoms with E-state index in [1.807, 2.05) is 13.2 Å². The third-order valence-electron chi connectivity index (χ3n) is 4.28. The highest BCUT2D eigenvalue weighted by Gasteiger charge is 2.31. The van der Waals surface area contributed by atoms with Crippen molar-refractivity contribution in [1.82, 2.24) is 5.32 Å². The molecule has 1 aliphatic heterocycles. The van der Waals surface area contributed by atoms with Crippen molar-refractivity contribution in [2.24, 2.45) is 0 Å². The molecule has 1 fully saturated rings. The number of ether oxygens (including phenoxy) is 1. The van der Waals surface area contributed by atoms with Crippen LogP contribution >= 0.6 is 11.6 Å². The van der Waals surface area contributed by atoms with Gasteiger partial charge in [-0.05, 0) is 50.4 Å². The van der Waals surface area contributed by atoms with Crippen LogP contribution in [0.2, 0.25) is 5.02 Å². The first-order chi connectivity index (χ1) is 10.1. The summed E-state index contributed by atoms with van der Waals surface area (Å²) in [6, 6.07) is 6.21. The molecule has 1 saturated heterocycles. The van der Waals surface area contributed by atoms with E-state index in [0.29, 0.717) is 0 Å². The van der Waals surface area contributed by atoms with Crippen LogP contribution in [0, 0.1) is 0 Å². The van der Waals surface area contributed by atoms with Gasteiger partial charge in [0.25, 0.3) is 0 Å². The van der Waals surface area contributed by atoms with E-state index >= 15 is 0 Å². The summed E-state index contributed by atoms with van der Waals surface area (Å²) < 4.78 is 5.71. The fourth-order valence-electron chi connectivity index (χ4n) is 2.96. The molecule has 0 radical (unpaired) electrons. The summed E-state index contributed by atoms with van der Waals surface area (Å²) in [5.41, 5.74) is 2.50. The quantitative estimate of drug-likeness (QED) is 0.808. The van der Waals surface area contributed by atoms with Gasteiger partial charge in [0.15, 0.2) is 0 Å². The van der Waals surface area contributed by atoms with Gasteiger partial charge in [0.05, 0.1) is 5.60 Å². The van der Waals surface area contributed by atoms with Crippen molar-refractivity contribution < 1.29 is 4.74 Å². The Labute approximate surface area is 133 Å². The molecule has 118 valence electrons. The standard InChI is InChI=1S/C17H27ClN2O/c1-4-9-19-12-14-6-7-15(18)11-16(14)20-10-5-8-17(2,13-20)21-3/h6-7,11,19H,4-5,8-10,12-13H2,1-3H3. The zero-order valence-electron chi connectivity index (χ0n) is 13.4. The Hall–Kier alpha value is -0.770. The summed E-state index contributed by atoms with van der Waals surface area (Å²) in [5.74, 6) is 0. The molecule has 1 aliphatic rings. The van der Waals surface area contributed by atoms with Crippen LogP contribution in [0.1, 0.15) is 38.7 Å². The third kappa shape index (κ3) is 4.35. The lowest BCUT2D eigenvalue weighted by Crippen LogP contribution is -2.47. The van der Waals surface area contributed by atoms with Crippen molar-refractivity contribution in [2.75, 3.05) is 31.6 Å². The SMILES string of the molecule is CCCNCc1ccc(Cl)cc1N1CCCC(C)(OC)C1. The van der Waals surface area contributed by atoms with Crippen molar-refractivity contribution in [3.63, 3.8) is 0 Å². The molecule has 1 N–H and O–H groups in total. The summed E-state index contributed by atoms with van der Waals surface area (Å²) in [6.07, 6.45) is 3.41. The zero-order chi connectivity index (χ0) is 15.3. The van der Waals surface area contributed by atoms with Crippen LogP contribution in [0.4, 0.5) is 5.69 Å². The lowest BCUT2D eigenvalue weighted by atomic mass is 9.94. The first-order valence-corrected chi connectivity index (χ1v) is 8.25. The van der Waals surface area contributed by atoms with Gasteiger partial charge in [-0.25, -0.2) is 0 Å². The Balaban J connectivity index is 2.18. The van der Waals surface area contributed by atoms with Crippen LogP contribution in [-0.4, -0.2) is 32.3 Å². The van der Waals surface area contributed by atoms with E-state index in [2.05, 4.69) is 36.2 Å². The Bertz CT molecular complexity index is 466. The van der Waals surface area contributed by atoms with Crippen LogP contribution in [0.3, 0.4) is 0 Å². The summed E-state index contributed by atoms with van der Waals surface area (Å²) in [5, 5.41) is 4.28. The van der Waals surface area contributed by atoms with E-state index in [4.69, 9.17) is 16.3 Å². The number of benzene rings is 1. The molecule has 2 rings (SSSR count). The predicted molar refractivity (Wildman–Crippen MR) is 90.3 cm³/mol. The highest BCUT2D eigenvalue weighted by atomic mass is 35.5. The summed E-state index contributed by atoms with van der Waals surface area (Å²) in [7, 11) is 1.81. The van der Waals surface area contributed by atoms with E-state index < -0.39 is 0 Å². The number of halogens is 1. The molecule has 1 heterocycles. The summed E-state index contributed by atoms with van der Waals surface area (Å²) in [4.78, 5) is 2.42. The number of hydrogen-bond donors (Lipinski definition) is 1. The minimum Gasteiger partial charge on any atom is -0.377 e. The molecule has 1 aromatic carbocycles. The van der Waals surface area contributed by atoms with Gasteiger partial charge in [-0.15, -0.1) is 0 Å². The summed E-state index contributed by atoms with van der Waals surface area (Å²) >= 11 is 6.22. The van der Waals surface area contributed by atoms with Gasteiger partial charge in [0, 0.05) is 37.5 Å². The Morgan fingerprint density at radius 1 is 1.43 bits per heavy atom. The minimum atomic E-state index is -0.0608. The first kappa shape index (κ1) is 16.6. The molecule has 3 nitrogen and oxygen atoms in total. The Morgan fingerprint density at radius 2 is 2.24 bits per heavy atom. The zero-order valence-corrected chi connectivity index (χ0v) is 14.2. The van der Waals surface area contributed by atoms with Crippen molar-refractivity contribution in [3.05, 3.63) is 28.8 Å². The second-order valence-corrected chi connectivity index (χ2v) is 6.57. The number of rotatable bonds is 6. The molecule has 4 heteroatoms. The van der Waals surface area contributed by atoms with Crippen LogP contribution in [-0.2, 0) is 11.3 Å². The van der Waals surface area contributed by atoms with Crippen molar-refractivity contribution in [1.29, 1.82) is 0 Å². The van der Waals surface area contributed by atoms with Gasteiger partial charge < -0.3 is 15.0 Å². The molecule has 21 heavy (non-hydrogen) atoms. The number of anilines is 1. The van der Waals surface area contributed by atoms with E-state index in [1.54, 1.807) is 0 Å². The van der Waals surface area contributed by atoms with Gasteiger partial charge >= 0.3 is 0 Å². The molecular weight excluding hydrogens is 284 g/mol. The lowest BCUT2D eigenvalue weighted by molar-refractivity contribution is -0.00468.